The second-order valence-corrected chi connectivity index (χ2v) is 9.20. The van der Waals surface area contributed by atoms with Crippen molar-refractivity contribution in [3.63, 3.8) is 0 Å². The molecule has 0 heterocycles. The summed E-state index contributed by atoms with van der Waals surface area (Å²) in [5, 5.41) is 18.9. The Bertz CT molecular complexity index is 1320. The summed E-state index contributed by atoms with van der Waals surface area (Å²) in [4.78, 5) is 10.6. The minimum Gasteiger partial charge on any atom is -0.508 e. The number of carbonyl (C=O) groups is 1. The van der Waals surface area contributed by atoms with Gasteiger partial charge in [0.15, 0.2) is 0 Å². The Morgan fingerprint density at radius 2 is 1.72 bits per heavy atom. The van der Waals surface area contributed by atoms with Crippen LogP contribution in [-0.4, -0.2) is 23.8 Å². The van der Waals surface area contributed by atoms with E-state index in [2.05, 4.69) is 63.3 Å². The second-order valence-electron chi connectivity index (χ2n) is 9.20. The Morgan fingerprint density at radius 3 is 2.31 bits per heavy atom. The van der Waals surface area contributed by atoms with Gasteiger partial charge in [-0.05, 0) is 83.5 Å². The molecule has 0 saturated heterocycles. The fourth-order valence-corrected chi connectivity index (χ4v) is 3.70. The van der Waals surface area contributed by atoms with E-state index in [1.807, 2.05) is 39.0 Å². The summed E-state index contributed by atoms with van der Waals surface area (Å²) in [7, 11) is 0. The van der Waals surface area contributed by atoms with Gasteiger partial charge in [0.25, 0.3) is 0 Å². The molecule has 208 valence electrons. The number of ether oxygens (including phenoxy) is 1. The maximum absolute atomic E-state index is 10.6. The van der Waals surface area contributed by atoms with Gasteiger partial charge in [-0.3, -0.25) is 4.79 Å². The molecular formula is C34H44N2O3. The molecule has 0 bridgehead atoms. The highest BCUT2D eigenvalue weighted by Gasteiger charge is 2.04. The first-order chi connectivity index (χ1) is 18.7. The maximum Gasteiger partial charge on any atom is 0.248 e. The quantitative estimate of drug-likeness (QED) is 0.192. The van der Waals surface area contributed by atoms with E-state index in [9.17, 15) is 4.79 Å². The number of amides is 1. The lowest BCUT2D eigenvalue weighted by atomic mass is 10.0. The Kier molecular flexibility index (Phi) is 14.9. The van der Waals surface area contributed by atoms with Crippen LogP contribution >= 0.6 is 0 Å². The molecule has 0 atom stereocenters. The average Bonchev–Trinajstić information content (AvgIpc) is 2.93. The molecule has 0 aliphatic rings. The van der Waals surface area contributed by atoms with Crippen molar-refractivity contribution in [3.8, 4) is 5.75 Å². The molecule has 1 amide bonds. The molecule has 5 nitrogen and oxygen atoms in total. The second kappa shape index (κ2) is 17.5. The third-order valence-electron chi connectivity index (χ3n) is 5.86. The van der Waals surface area contributed by atoms with E-state index in [1.54, 1.807) is 13.0 Å². The standard InChI is InChI=1S/C24H29NO.C8H9NO2.C2H6/c1-5-8-20(18(2)3)14-13-19(4)16-26-17-22-10-7-11-23-21(15-25)9-6-12-24(22)23;1-5-4-6(8(9)11)2-3-7(5)10;1-2/h5-15,18,25H,16-17H2,1-4H3;2-4,10H,1H3,(H2,9,11);1-2H3/b8-5-,19-13+,20-14+,25-15?;;. The van der Waals surface area contributed by atoms with Crippen LogP contribution in [-0.2, 0) is 11.3 Å². The molecule has 0 unspecified atom stereocenters. The van der Waals surface area contributed by atoms with Crippen LogP contribution < -0.4 is 5.73 Å². The van der Waals surface area contributed by atoms with Crippen LogP contribution in [0.25, 0.3) is 10.8 Å². The number of fused-ring (bicyclic) bond motifs is 1. The van der Waals surface area contributed by atoms with Crippen LogP contribution in [0.3, 0.4) is 0 Å². The molecule has 0 aliphatic carbocycles. The van der Waals surface area contributed by atoms with E-state index >= 15 is 0 Å². The van der Waals surface area contributed by atoms with Crippen molar-refractivity contribution in [1.82, 2.24) is 0 Å². The Labute approximate surface area is 234 Å². The van der Waals surface area contributed by atoms with Crippen LogP contribution in [0.2, 0.25) is 0 Å². The lowest BCUT2D eigenvalue weighted by Gasteiger charge is -2.10. The molecule has 0 saturated carbocycles. The summed E-state index contributed by atoms with van der Waals surface area (Å²) in [5.41, 5.74) is 10.7. The van der Waals surface area contributed by atoms with Crippen molar-refractivity contribution in [2.75, 3.05) is 6.61 Å². The van der Waals surface area contributed by atoms with Gasteiger partial charge in [-0.1, -0.05) is 88.4 Å². The highest BCUT2D eigenvalue weighted by molar-refractivity contribution is 6.00. The fourth-order valence-electron chi connectivity index (χ4n) is 3.70. The predicted octanol–water partition coefficient (Wildman–Crippen LogP) is 8.28. The van der Waals surface area contributed by atoms with Gasteiger partial charge in [0.2, 0.25) is 5.91 Å². The number of primary amides is 1. The van der Waals surface area contributed by atoms with E-state index in [4.69, 9.17) is 21.0 Å². The first-order valence-electron chi connectivity index (χ1n) is 13.4. The molecule has 0 spiro atoms. The van der Waals surface area contributed by atoms with Crippen molar-refractivity contribution in [3.05, 3.63) is 112 Å². The number of carbonyl (C=O) groups excluding carboxylic acids is 1. The summed E-state index contributed by atoms with van der Waals surface area (Å²) in [5.74, 6) is 0.206. The van der Waals surface area contributed by atoms with Gasteiger partial charge in [0.1, 0.15) is 5.75 Å². The molecule has 3 aromatic rings. The summed E-state index contributed by atoms with van der Waals surface area (Å²) in [6.45, 7) is 15.4. The van der Waals surface area contributed by atoms with Gasteiger partial charge in [-0.25, -0.2) is 0 Å². The SMILES string of the molecule is CC.C\C=C/C(=C\C=C(/C)COCc1cccc2c(C=N)cccc12)C(C)C.Cc1cc(C(N)=O)ccc1O. The minimum atomic E-state index is -0.479. The van der Waals surface area contributed by atoms with Gasteiger partial charge in [0, 0.05) is 11.8 Å². The summed E-state index contributed by atoms with van der Waals surface area (Å²) in [6.07, 6.45) is 9.97. The van der Waals surface area contributed by atoms with Crippen molar-refractivity contribution in [2.45, 2.75) is 55.1 Å². The Balaban J connectivity index is 0.000000487. The van der Waals surface area contributed by atoms with Gasteiger partial charge in [-0.15, -0.1) is 0 Å². The van der Waals surface area contributed by atoms with E-state index < -0.39 is 5.91 Å². The molecular weight excluding hydrogens is 484 g/mol. The number of rotatable bonds is 9. The molecule has 5 heteroatoms. The zero-order chi connectivity index (χ0) is 29.4. The number of phenols is 1. The minimum absolute atomic E-state index is 0.176. The van der Waals surface area contributed by atoms with Crippen LogP contribution in [0.4, 0.5) is 0 Å². The summed E-state index contributed by atoms with van der Waals surface area (Å²) >= 11 is 0. The molecule has 0 fully saturated rings. The first-order valence-corrected chi connectivity index (χ1v) is 13.4. The van der Waals surface area contributed by atoms with Crippen molar-refractivity contribution in [1.29, 1.82) is 5.41 Å². The Hall–Kier alpha value is -3.96. The van der Waals surface area contributed by atoms with Crippen molar-refractivity contribution >= 4 is 22.9 Å². The zero-order valence-corrected chi connectivity index (χ0v) is 24.4. The lowest BCUT2D eigenvalue weighted by Crippen LogP contribution is -2.10. The number of benzene rings is 3. The average molecular weight is 529 g/mol. The van der Waals surface area contributed by atoms with Crippen molar-refractivity contribution < 1.29 is 14.6 Å². The van der Waals surface area contributed by atoms with E-state index in [0.717, 1.165) is 21.9 Å². The number of aromatic hydroxyl groups is 1. The van der Waals surface area contributed by atoms with Crippen LogP contribution in [0.5, 0.6) is 5.75 Å². The molecule has 0 aromatic heterocycles. The van der Waals surface area contributed by atoms with Crippen molar-refractivity contribution in [2.24, 2.45) is 11.7 Å². The van der Waals surface area contributed by atoms with Crippen LogP contribution in [0.1, 0.15) is 68.6 Å². The number of nitrogens with one attached hydrogen (secondary N) is 1. The number of aryl methyl sites for hydroxylation is 1. The monoisotopic (exact) mass is 528 g/mol. The van der Waals surface area contributed by atoms with Gasteiger partial charge in [0.05, 0.1) is 13.2 Å². The van der Waals surface area contributed by atoms with E-state index in [1.165, 1.54) is 29.5 Å². The number of phenolic OH excluding ortho intramolecular Hbond substituents is 1. The summed E-state index contributed by atoms with van der Waals surface area (Å²) in [6, 6.07) is 16.7. The molecule has 3 aromatic carbocycles. The van der Waals surface area contributed by atoms with Crippen LogP contribution in [0.15, 0.2) is 90.0 Å². The van der Waals surface area contributed by atoms with Gasteiger partial charge in [-0.2, -0.15) is 0 Å². The fraction of sp³-hybridized carbons (Fsp3) is 0.294. The first kappa shape index (κ1) is 33.1. The molecule has 4 N–H and O–H groups in total. The third kappa shape index (κ3) is 10.7. The molecule has 0 radical (unpaired) electrons. The molecule has 0 aliphatic heterocycles. The number of hydrogen-bond donors (Lipinski definition) is 3. The predicted molar refractivity (Wildman–Crippen MR) is 166 cm³/mol. The maximum atomic E-state index is 10.6. The summed E-state index contributed by atoms with van der Waals surface area (Å²) < 4.78 is 5.94. The smallest absolute Gasteiger partial charge is 0.248 e. The normalized spacial score (nSPS) is 11.6. The zero-order valence-electron chi connectivity index (χ0n) is 24.4. The Morgan fingerprint density at radius 1 is 1.05 bits per heavy atom. The third-order valence-corrected chi connectivity index (χ3v) is 5.86. The highest BCUT2D eigenvalue weighted by atomic mass is 16.5. The van der Waals surface area contributed by atoms with E-state index in [-0.39, 0.29) is 5.75 Å². The largest absolute Gasteiger partial charge is 0.508 e. The number of allylic oxidation sites excluding steroid dienone is 5. The van der Waals surface area contributed by atoms with Crippen LogP contribution in [0, 0.1) is 18.3 Å². The van der Waals surface area contributed by atoms with E-state index in [0.29, 0.717) is 30.3 Å². The lowest BCUT2D eigenvalue weighted by molar-refractivity contribution is 0.1000. The number of hydrogen-bond acceptors (Lipinski definition) is 4. The van der Waals surface area contributed by atoms with Gasteiger partial charge < -0.3 is 21.0 Å². The number of nitrogens with two attached hydrogens (primary N) is 1. The highest BCUT2D eigenvalue weighted by Crippen LogP contribution is 2.22. The topological polar surface area (TPSA) is 96.4 Å². The van der Waals surface area contributed by atoms with Gasteiger partial charge >= 0.3 is 0 Å². The molecule has 3 rings (SSSR count). The molecule has 39 heavy (non-hydrogen) atoms.